The quantitative estimate of drug-likeness (QED) is 0.569. The van der Waals surface area contributed by atoms with E-state index in [9.17, 15) is 0 Å². The van der Waals surface area contributed by atoms with E-state index < -0.39 is 0 Å². The maximum Gasteiger partial charge on any atom is 0.170 e. The van der Waals surface area contributed by atoms with Crippen LogP contribution < -0.4 is 4.90 Å². The number of halogens is 1. The van der Waals surface area contributed by atoms with E-state index in [0.29, 0.717) is 5.02 Å². The van der Waals surface area contributed by atoms with Gasteiger partial charge >= 0.3 is 0 Å². The number of rotatable bonds is 2. The van der Waals surface area contributed by atoms with Gasteiger partial charge in [-0.2, -0.15) is 0 Å². The summed E-state index contributed by atoms with van der Waals surface area (Å²) in [4.78, 5) is 12.4. The molecule has 3 nitrogen and oxygen atoms in total. The Labute approximate surface area is 170 Å². The molecule has 0 atom stereocenters. The number of benzene rings is 2. The molecule has 0 N–H and O–H groups in total. The largest absolute Gasteiger partial charge is 0.307 e. The molecule has 1 aliphatic carbocycles. The van der Waals surface area contributed by atoms with E-state index in [-0.39, 0.29) is 5.54 Å². The molecular weight excluding hydrogens is 374 g/mol. The van der Waals surface area contributed by atoms with Gasteiger partial charge in [0.1, 0.15) is 5.54 Å². The fraction of sp³-hybridized carbons (Fsp3) is 0.364. The summed E-state index contributed by atoms with van der Waals surface area (Å²) in [6.45, 7) is 2.12. The van der Waals surface area contributed by atoms with Crippen molar-refractivity contribution in [2.45, 2.75) is 44.6 Å². The summed E-state index contributed by atoms with van der Waals surface area (Å²) in [6.07, 6.45) is 7.94. The summed E-state index contributed by atoms with van der Waals surface area (Å²) in [5, 5.41) is 1.73. The van der Waals surface area contributed by atoms with Gasteiger partial charge in [-0.3, -0.25) is 0 Å². The number of anilines is 1. The molecule has 1 aliphatic heterocycles. The lowest BCUT2D eigenvalue weighted by atomic mass is 9.79. The Morgan fingerprint density at radius 3 is 2.48 bits per heavy atom. The number of nitrogens with zero attached hydrogens (tertiary/aromatic N) is 3. The van der Waals surface area contributed by atoms with Crippen LogP contribution in [0.2, 0.25) is 5.02 Å². The van der Waals surface area contributed by atoms with E-state index in [2.05, 4.69) is 42.3 Å². The van der Waals surface area contributed by atoms with Gasteiger partial charge in [-0.25, -0.2) is 9.98 Å². The van der Waals surface area contributed by atoms with E-state index in [1.165, 1.54) is 30.5 Å². The second-order valence-electron chi connectivity index (χ2n) is 7.28. The Hall–Kier alpha value is -1.78. The number of amidine groups is 2. The summed E-state index contributed by atoms with van der Waals surface area (Å²) in [5.74, 6) is 0.925. The highest BCUT2D eigenvalue weighted by Crippen LogP contribution is 2.44. The molecule has 1 fully saturated rings. The number of hydrogen-bond acceptors (Lipinski definition) is 3. The van der Waals surface area contributed by atoms with Gasteiger partial charge in [0.15, 0.2) is 11.0 Å². The van der Waals surface area contributed by atoms with Crippen molar-refractivity contribution in [1.82, 2.24) is 0 Å². The van der Waals surface area contributed by atoms with E-state index in [4.69, 9.17) is 21.6 Å². The lowest BCUT2D eigenvalue weighted by molar-refractivity contribution is 0.385. The minimum absolute atomic E-state index is 0.159. The molecule has 2 aliphatic rings. The lowest BCUT2D eigenvalue weighted by Gasteiger charge is -2.42. The average Bonchev–Trinajstić information content (AvgIpc) is 2.96. The first kappa shape index (κ1) is 18.6. The molecule has 0 aromatic heterocycles. The fourth-order valence-corrected chi connectivity index (χ4v) is 4.92. The predicted molar refractivity (Wildman–Crippen MR) is 119 cm³/mol. The van der Waals surface area contributed by atoms with Gasteiger partial charge in [-0.1, -0.05) is 66.4 Å². The van der Waals surface area contributed by atoms with Crippen LogP contribution >= 0.6 is 23.4 Å². The van der Waals surface area contributed by atoms with Crippen LogP contribution in [0.15, 0.2) is 58.5 Å². The SMILES string of the molecule is CSC1=NC(=Nc2cccc(Cl)c2)C2(CCCCC2)N1c1ccc(C)cc1. The van der Waals surface area contributed by atoms with Crippen LogP contribution in [0.5, 0.6) is 0 Å². The zero-order chi connectivity index (χ0) is 18.9. The van der Waals surface area contributed by atoms with Crippen molar-refractivity contribution in [3.8, 4) is 0 Å². The first-order chi connectivity index (χ1) is 13.1. The maximum absolute atomic E-state index is 6.18. The second-order valence-corrected chi connectivity index (χ2v) is 8.49. The summed E-state index contributed by atoms with van der Waals surface area (Å²) in [7, 11) is 0. The van der Waals surface area contributed by atoms with Gasteiger partial charge in [0.2, 0.25) is 0 Å². The Morgan fingerprint density at radius 1 is 1.07 bits per heavy atom. The third-order valence-electron chi connectivity index (χ3n) is 5.44. The number of aryl methyl sites for hydroxylation is 1. The Balaban J connectivity index is 1.83. The molecule has 5 heteroatoms. The summed E-state index contributed by atoms with van der Waals surface area (Å²) in [6, 6.07) is 16.5. The Kier molecular flexibility index (Phi) is 5.29. The molecular formula is C22H24ClN3S. The molecule has 1 heterocycles. The van der Waals surface area contributed by atoms with E-state index in [1.54, 1.807) is 11.8 Å². The van der Waals surface area contributed by atoms with Crippen LogP contribution in [0.25, 0.3) is 0 Å². The van der Waals surface area contributed by atoms with Crippen molar-refractivity contribution in [2.75, 3.05) is 11.2 Å². The Morgan fingerprint density at radius 2 is 1.81 bits per heavy atom. The molecule has 0 saturated heterocycles. The highest BCUT2D eigenvalue weighted by molar-refractivity contribution is 8.13. The van der Waals surface area contributed by atoms with E-state index in [0.717, 1.165) is 29.5 Å². The van der Waals surface area contributed by atoms with Crippen LogP contribution in [-0.4, -0.2) is 22.8 Å². The molecule has 0 unspecified atom stereocenters. The molecule has 1 spiro atoms. The van der Waals surface area contributed by atoms with Gasteiger partial charge in [-0.15, -0.1) is 0 Å². The van der Waals surface area contributed by atoms with Crippen molar-refractivity contribution in [3.05, 3.63) is 59.1 Å². The Bertz CT molecular complexity index is 883. The maximum atomic E-state index is 6.18. The molecule has 0 amide bonds. The highest BCUT2D eigenvalue weighted by Gasteiger charge is 2.49. The fourth-order valence-electron chi connectivity index (χ4n) is 4.10. The van der Waals surface area contributed by atoms with Gasteiger partial charge in [0.05, 0.1) is 5.69 Å². The summed E-state index contributed by atoms with van der Waals surface area (Å²) in [5.41, 5.74) is 3.18. The molecule has 0 bridgehead atoms. The number of thioether (sulfide) groups is 1. The highest BCUT2D eigenvalue weighted by atomic mass is 35.5. The van der Waals surface area contributed by atoms with Gasteiger partial charge < -0.3 is 4.90 Å². The van der Waals surface area contributed by atoms with Crippen LogP contribution in [0.4, 0.5) is 11.4 Å². The van der Waals surface area contributed by atoms with Gasteiger partial charge in [0.25, 0.3) is 0 Å². The third kappa shape index (κ3) is 3.53. The first-order valence-corrected chi connectivity index (χ1v) is 11.1. The topological polar surface area (TPSA) is 28.0 Å². The number of aliphatic imine (C=N–C) groups is 2. The average molecular weight is 398 g/mol. The van der Waals surface area contributed by atoms with Crippen molar-refractivity contribution >= 4 is 45.7 Å². The van der Waals surface area contributed by atoms with Crippen molar-refractivity contribution in [2.24, 2.45) is 9.98 Å². The monoisotopic (exact) mass is 397 g/mol. The standard InChI is InChI=1S/C22H24ClN3S/c1-16-9-11-19(12-10-16)26-21(27-2)25-20(22(26)13-4-3-5-14-22)24-18-8-6-7-17(23)15-18/h6-12,15H,3-5,13-14H2,1-2H3. The molecule has 140 valence electrons. The van der Waals surface area contributed by atoms with Crippen LogP contribution in [0, 0.1) is 6.92 Å². The van der Waals surface area contributed by atoms with Crippen molar-refractivity contribution in [1.29, 1.82) is 0 Å². The second kappa shape index (κ2) is 7.69. The zero-order valence-corrected chi connectivity index (χ0v) is 17.4. The van der Waals surface area contributed by atoms with Crippen molar-refractivity contribution in [3.63, 3.8) is 0 Å². The van der Waals surface area contributed by atoms with Crippen LogP contribution in [0.3, 0.4) is 0 Å². The zero-order valence-electron chi connectivity index (χ0n) is 15.8. The molecule has 1 saturated carbocycles. The predicted octanol–water partition coefficient (Wildman–Crippen LogP) is 6.62. The molecule has 0 radical (unpaired) electrons. The summed E-state index contributed by atoms with van der Waals surface area (Å²) < 4.78 is 0. The molecule has 2 aromatic carbocycles. The smallest absolute Gasteiger partial charge is 0.170 e. The van der Waals surface area contributed by atoms with Crippen LogP contribution in [0.1, 0.15) is 37.7 Å². The molecule has 27 heavy (non-hydrogen) atoms. The van der Waals surface area contributed by atoms with Gasteiger partial charge in [0, 0.05) is 10.7 Å². The molecule has 2 aromatic rings. The van der Waals surface area contributed by atoms with E-state index >= 15 is 0 Å². The third-order valence-corrected chi connectivity index (χ3v) is 6.31. The van der Waals surface area contributed by atoms with E-state index in [1.807, 2.05) is 24.3 Å². The first-order valence-electron chi connectivity index (χ1n) is 9.47. The molecule has 4 rings (SSSR count). The minimum Gasteiger partial charge on any atom is -0.307 e. The minimum atomic E-state index is -0.159. The normalized spacial score (nSPS) is 20.3. The number of hydrogen-bond donors (Lipinski definition) is 0. The summed E-state index contributed by atoms with van der Waals surface area (Å²) >= 11 is 7.88. The lowest BCUT2D eigenvalue weighted by Crippen LogP contribution is -2.52. The van der Waals surface area contributed by atoms with Gasteiger partial charge in [-0.05, 0) is 56.4 Å². The van der Waals surface area contributed by atoms with Crippen molar-refractivity contribution < 1.29 is 0 Å². The van der Waals surface area contributed by atoms with Crippen LogP contribution in [-0.2, 0) is 0 Å².